The van der Waals surface area contributed by atoms with Gasteiger partial charge in [-0.25, -0.2) is 0 Å². The van der Waals surface area contributed by atoms with Crippen LogP contribution in [0.5, 0.6) is 0 Å². The maximum Gasteiger partial charge on any atom is 0.292 e. The van der Waals surface area contributed by atoms with Crippen molar-refractivity contribution in [3.63, 3.8) is 0 Å². The summed E-state index contributed by atoms with van der Waals surface area (Å²) >= 11 is 0. The molecule has 0 saturated carbocycles. The molecule has 2 aromatic carbocycles. The molecule has 142 valence electrons. The number of rotatable bonds is 6. The van der Waals surface area contributed by atoms with Crippen LogP contribution in [0.1, 0.15) is 11.1 Å². The first-order valence-corrected chi connectivity index (χ1v) is 8.96. The number of hydrogen-bond donors (Lipinski definition) is 1. The highest BCUT2D eigenvalue weighted by Gasteiger charge is 2.28. The van der Waals surface area contributed by atoms with Crippen LogP contribution in [0.3, 0.4) is 0 Å². The summed E-state index contributed by atoms with van der Waals surface area (Å²) in [5.74, 6) is -0.0722. The summed E-state index contributed by atoms with van der Waals surface area (Å²) in [7, 11) is 0. The zero-order valence-electron chi connectivity index (χ0n) is 15.3. The van der Waals surface area contributed by atoms with Crippen molar-refractivity contribution in [1.82, 2.24) is 4.90 Å². The Bertz CT molecular complexity index is 801. The molecule has 1 aliphatic rings. The lowest BCUT2D eigenvalue weighted by Crippen LogP contribution is -2.48. The molecule has 1 aliphatic heterocycles. The molecule has 0 unspecified atom stereocenters. The minimum absolute atomic E-state index is 0.0406. The summed E-state index contributed by atoms with van der Waals surface area (Å²) < 4.78 is 5.33. The number of nitrogens with one attached hydrogen (secondary N) is 1. The van der Waals surface area contributed by atoms with Crippen LogP contribution >= 0.6 is 0 Å². The first-order valence-electron chi connectivity index (χ1n) is 8.96. The highest BCUT2D eigenvalue weighted by Crippen LogP contribution is 2.25. The molecule has 0 aromatic heterocycles. The molecule has 7 heteroatoms. The first-order chi connectivity index (χ1) is 13.0. The number of hydrogen-bond acceptors (Lipinski definition) is 5. The smallest absolute Gasteiger partial charge is 0.292 e. The van der Waals surface area contributed by atoms with Gasteiger partial charge in [-0.2, -0.15) is 0 Å². The van der Waals surface area contributed by atoms with E-state index in [2.05, 4.69) is 5.32 Å². The third-order valence-electron chi connectivity index (χ3n) is 4.61. The summed E-state index contributed by atoms with van der Waals surface area (Å²) in [5.41, 5.74) is 2.45. The van der Waals surface area contributed by atoms with Crippen molar-refractivity contribution in [2.24, 2.45) is 0 Å². The number of nitro groups is 1. The standard InChI is InChI=1S/C20H23N3O4/c1-15-6-8-16(9-7-15)14-18(20(24)22-10-12-27-13-11-22)21-17-4-2-3-5-19(17)23(25)26/h2-9,18,21H,10-14H2,1H3/t18-/m0/s1. The lowest BCUT2D eigenvalue weighted by molar-refractivity contribution is -0.384. The van der Waals surface area contributed by atoms with Gasteiger partial charge in [0.25, 0.3) is 5.69 Å². The molecule has 1 fully saturated rings. The van der Waals surface area contributed by atoms with E-state index in [0.29, 0.717) is 38.4 Å². The van der Waals surface area contributed by atoms with Crippen LogP contribution in [-0.2, 0) is 16.0 Å². The van der Waals surface area contributed by atoms with E-state index in [1.165, 1.54) is 6.07 Å². The number of anilines is 1. The van der Waals surface area contributed by atoms with Gasteiger partial charge in [-0.3, -0.25) is 14.9 Å². The van der Waals surface area contributed by atoms with E-state index >= 15 is 0 Å². The monoisotopic (exact) mass is 369 g/mol. The molecule has 0 radical (unpaired) electrons. The van der Waals surface area contributed by atoms with Crippen LogP contribution in [0.2, 0.25) is 0 Å². The molecule has 2 aromatic rings. The van der Waals surface area contributed by atoms with E-state index in [4.69, 9.17) is 4.74 Å². The number of para-hydroxylation sites is 2. The molecule has 1 heterocycles. The second-order valence-corrected chi connectivity index (χ2v) is 6.60. The Kier molecular flexibility index (Phi) is 6.03. The summed E-state index contributed by atoms with van der Waals surface area (Å²) in [6.07, 6.45) is 0.447. The van der Waals surface area contributed by atoms with E-state index in [0.717, 1.165) is 11.1 Å². The Balaban J connectivity index is 1.85. The summed E-state index contributed by atoms with van der Waals surface area (Å²) in [5, 5.41) is 14.4. The van der Waals surface area contributed by atoms with Crippen LogP contribution in [0, 0.1) is 17.0 Å². The van der Waals surface area contributed by atoms with Crippen LogP contribution in [-0.4, -0.2) is 48.1 Å². The largest absolute Gasteiger partial charge is 0.378 e. The van der Waals surface area contributed by atoms with Crippen molar-refractivity contribution < 1.29 is 14.5 Å². The van der Waals surface area contributed by atoms with Gasteiger partial charge < -0.3 is 15.0 Å². The lowest BCUT2D eigenvalue weighted by atomic mass is 10.0. The van der Waals surface area contributed by atoms with Gasteiger partial charge in [0, 0.05) is 25.6 Å². The molecule has 1 saturated heterocycles. The van der Waals surface area contributed by atoms with Crippen molar-refractivity contribution in [2.45, 2.75) is 19.4 Å². The molecule has 27 heavy (non-hydrogen) atoms. The third kappa shape index (κ3) is 4.83. The Labute approximate surface area is 158 Å². The summed E-state index contributed by atoms with van der Waals surface area (Å²) in [6.45, 7) is 4.08. The predicted octanol–water partition coefficient (Wildman–Crippen LogP) is 2.79. The van der Waals surface area contributed by atoms with Crippen LogP contribution < -0.4 is 5.32 Å². The van der Waals surface area contributed by atoms with Gasteiger partial charge in [-0.1, -0.05) is 42.0 Å². The molecule has 3 rings (SSSR count). The minimum atomic E-state index is -0.591. The van der Waals surface area contributed by atoms with E-state index in [9.17, 15) is 14.9 Å². The zero-order chi connectivity index (χ0) is 19.2. The number of morpholine rings is 1. The number of ether oxygens (including phenoxy) is 1. The third-order valence-corrected chi connectivity index (χ3v) is 4.61. The van der Waals surface area contributed by atoms with Crippen molar-refractivity contribution in [3.8, 4) is 0 Å². The van der Waals surface area contributed by atoms with Crippen LogP contribution in [0.4, 0.5) is 11.4 Å². The van der Waals surface area contributed by atoms with Gasteiger partial charge in [-0.05, 0) is 18.6 Å². The second kappa shape index (κ2) is 8.64. The molecule has 1 atom stereocenters. The molecule has 1 N–H and O–H groups in total. The maximum atomic E-state index is 13.1. The Morgan fingerprint density at radius 1 is 1.19 bits per heavy atom. The average molecular weight is 369 g/mol. The Morgan fingerprint density at radius 3 is 2.52 bits per heavy atom. The first kappa shape index (κ1) is 18.8. The number of aryl methyl sites for hydroxylation is 1. The molecule has 0 aliphatic carbocycles. The fraction of sp³-hybridized carbons (Fsp3) is 0.350. The van der Waals surface area contributed by atoms with E-state index in [1.807, 2.05) is 31.2 Å². The van der Waals surface area contributed by atoms with Gasteiger partial charge in [0.05, 0.1) is 18.1 Å². The highest BCUT2D eigenvalue weighted by atomic mass is 16.6. The van der Waals surface area contributed by atoms with Gasteiger partial charge in [0.15, 0.2) is 0 Å². The zero-order valence-corrected chi connectivity index (χ0v) is 15.3. The van der Waals surface area contributed by atoms with Gasteiger partial charge in [0.1, 0.15) is 11.7 Å². The summed E-state index contributed by atoms with van der Waals surface area (Å²) in [4.78, 5) is 25.7. The fourth-order valence-electron chi connectivity index (χ4n) is 3.11. The van der Waals surface area contributed by atoms with Crippen LogP contribution in [0.25, 0.3) is 0 Å². The maximum absolute atomic E-state index is 13.1. The van der Waals surface area contributed by atoms with E-state index in [1.54, 1.807) is 23.1 Å². The fourth-order valence-corrected chi connectivity index (χ4v) is 3.11. The number of amides is 1. The van der Waals surface area contributed by atoms with Crippen molar-refractivity contribution in [2.75, 3.05) is 31.6 Å². The Hall–Kier alpha value is -2.93. The van der Waals surface area contributed by atoms with Crippen molar-refractivity contribution in [3.05, 3.63) is 69.8 Å². The molecule has 0 bridgehead atoms. The van der Waals surface area contributed by atoms with Gasteiger partial charge >= 0.3 is 0 Å². The SMILES string of the molecule is Cc1ccc(C[C@H](Nc2ccccc2[N+](=O)[O-])C(=O)N2CCOCC2)cc1. The minimum Gasteiger partial charge on any atom is -0.378 e. The van der Waals surface area contributed by atoms with E-state index < -0.39 is 11.0 Å². The quantitative estimate of drug-likeness (QED) is 0.625. The topological polar surface area (TPSA) is 84.7 Å². The number of carbonyl (C=O) groups excluding carboxylic acids is 1. The number of nitrogens with zero attached hydrogens (tertiary/aromatic N) is 2. The Morgan fingerprint density at radius 2 is 1.85 bits per heavy atom. The molecule has 1 amide bonds. The second-order valence-electron chi connectivity index (χ2n) is 6.60. The van der Waals surface area contributed by atoms with Gasteiger partial charge in [0.2, 0.25) is 5.91 Å². The lowest BCUT2D eigenvalue weighted by Gasteiger charge is -2.31. The molecule has 7 nitrogen and oxygen atoms in total. The number of benzene rings is 2. The van der Waals surface area contributed by atoms with Crippen LogP contribution in [0.15, 0.2) is 48.5 Å². The highest BCUT2D eigenvalue weighted by molar-refractivity contribution is 5.86. The normalized spacial score (nSPS) is 15.2. The predicted molar refractivity (Wildman–Crippen MR) is 103 cm³/mol. The average Bonchev–Trinajstić information content (AvgIpc) is 2.69. The van der Waals surface area contributed by atoms with Crippen molar-refractivity contribution in [1.29, 1.82) is 0 Å². The molecule has 0 spiro atoms. The summed E-state index contributed by atoms with van der Waals surface area (Å²) in [6, 6.07) is 13.8. The van der Waals surface area contributed by atoms with E-state index in [-0.39, 0.29) is 11.6 Å². The van der Waals surface area contributed by atoms with Crippen molar-refractivity contribution >= 4 is 17.3 Å². The molecular formula is C20H23N3O4. The molecular weight excluding hydrogens is 346 g/mol. The number of nitro benzene ring substituents is 1. The van der Waals surface area contributed by atoms with Gasteiger partial charge in [-0.15, -0.1) is 0 Å². The number of carbonyl (C=O) groups is 1.